The number of carbonyl (C=O) groups is 1. The van der Waals surface area contributed by atoms with E-state index in [0.717, 1.165) is 0 Å². The summed E-state index contributed by atoms with van der Waals surface area (Å²) in [4.78, 5) is 21.4. The predicted octanol–water partition coefficient (Wildman–Crippen LogP) is 2.58. The molecule has 2 atom stereocenters. The van der Waals surface area contributed by atoms with Crippen molar-refractivity contribution < 1.29 is 27.8 Å². The van der Waals surface area contributed by atoms with Gasteiger partial charge in [0.05, 0.1) is 35.6 Å². The molecule has 9 nitrogen and oxygen atoms in total. The van der Waals surface area contributed by atoms with Gasteiger partial charge in [-0.05, 0) is 26.0 Å². The van der Waals surface area contributed by atoms with Crippen molar-refractivity contribution in [2.24, 2.45) is 0 Å². The summed E-state index contributed by atoms with van der Waals surface area (Å²) in [7, 11) is 0. The van der Waals surface area contributed by atoms with E-state index in [1.165, 1.54) is 32.3 Å². The highest BCUT2D eigenvalue weighted by Gasteiger charge is 2.45. The van der Waals surface area contributed by atoms with Crippen LogP contribution in [0.5, 0.6) is 0 Å². The fourth-order valence-electron chi connectivity index (χ4n) is 3.54. The maximum Gasteiger partial charge on any atom is 0.292 e. The lowest BCUT2D eigenvalue weighted by molar-refractivity contribution is -0.0132. The molecule has 0 aliphatic carbocycles. The molecule has 0 saturated carbocycles. The first kappa shape index (κ1) is 24.4. The second-order valence-corrected chi connectivity index (χ2v) is 8.83. The largest absolute Gasteiger partial charge is 0.387 e. The number of alkyl halides is 3. The van der Waals surface area contributed by atoms with Gasteiger partial charge in [-0.2, -0.15) is 5.26 Å². The summed E-state index contributed by atoms with van der Waals surface area (Å²) >= 11 is 0. The third-order valence-electron chi connectivity index (χ3n) is 5.66. The van der Waals surface area contributed by atoms with E-state index in [4.69, 9.17) is 10.00 Å². The Kier molecular flexibility index (Phi) is 6.40. The van der Waals surface area contributed by atoms with Gasteiger partial charge < -0.3 is 20.5 Å². The molecule has 1 aliphatic rings. The van der Waals surface area contributed by atoms with Crippen LogP contribution in [0.3, 0.4) is 0 Å². The van der Waals surface area contributed by atoms with Crippen molar-refractivity contribution in [3.63, 3.8) is 0 Å². The van der Waals surface area contributed by atoms with E-state index >= 15 is 0 Å². The van der Waals surface area contributed by atoms with Crippen molar-refractivity contribution in [1.29, 1.82) is 5.26 Å². The first-order valence-corrected chi connectivity index (χ1v) is 10.7. The second kappa shape index (κ2) is 9.16. The van der Waals surface area contributed by atoms with E-state index in [1.807, 2.05) is 6.07 Å². The number of ether oxygens (including phenoxy) is 1. The van der Waals surface area contributed by atoms with Gasteiger partial charge in [-0.25, -0.2) is 23.1 Å². The molecule has 3 N–H and O–H groups in total. The molecule has 35 heavy (non-hydrogen) atoms. The minimum atomic E-state index is -3.17. The number of pyridine rings is 2. The van der Waals surface area contributed by atoms with Gasteiger partial charge in [-0.3, -0.25) is 9.36 Å². The van der Waals surface area contributed by atoms with Crippen LogP contribution in [-0.2, 0) is 4.74 Å². The summed E-state index contributed by atoms with van der Waals surface area (Å²) in [6, 6.07) is 5.38. The maximum atomic E-state index is 14.2. The number of amides is 1. The molecule has 1 aliphatic heterocycles. The van der Waals surface area contributed by atoms with E-state index in [1.54, 1.807) is 22.9 Å². The van der Waals surface area contributed by atoms with Gasteiger partial charge in [0.25, 0.3) is 11.8 Å². The number of hydrogen-bond donors (Lipinski definition) is 3. The van der Waals surface area contributed by atoms with Crippen LogP contribution in [0.2, 0.25) is 0 Å². The molecule has 1 fully saturated rings. The Bertz CT molecular complexity index is 1300. The summed E-state index contributed by atoms with van der Waals surface area (Å²) < 4.78 is 49.1. The Labute approximate surface area is 198 Å². The SMILES string of the molecule is CC(C)(O)C(F)CNC(=O)c1cnc(-n2ccc3cc(C#N)cnc32)cc1NC1COCC1(F)F. The number of nitriles is 1. The predicted molar refractivity (Wildman–Crippen MR) is 120 cm³/mol. The standard InChI is InChI=1S/C23H23F3N6O3/c1-22(2,34)17(24)10-30-21(33)15-9-28-19(6-16(15)31-18-11-35-12-23(18,25)26)32-4-3-14-5-13(7-27)8-29-20(14)32/h3-6,8-9,17-18,34H,10-12H2,1-2H3,(H,28,31)(H,30,33). The van der Waals surface area contributed by atoms with E-state index < -0.39 is 42.8 Å². The van der Waals surface area contributed by atoms with E-state index in [9.17, 15) is 23.1 Å². The number of hydrogen-bond acceptors (Lipinski definition) is 7. The van der Waals surface area contributed by atoms with Crippen LogP contribution in [0.1, 0.15) is 29.8 Å². The van der Waals surface area contributed by atoms with Crippen LogP contribution in [-0.4, -0.2) is 69.0 Å². The smallest absolute Gasteiger partial charge is 0.292 e. The molecule has 0 spiro atoms. The number of nitrogens with zero attached hydrogens (tertiary/aromatic N) is 4. The lowest BCUT2D eigenvalue weighted by Gasteiger charge is -2.24. The minimum Gasteiger partial charge on any atom is -0.387 e. The number of rotatable bonds is 7. The summed E-state index contributed by atoms with van der Waals surface area (Å²) in [5.74, 6) is -3.65. The number of anilines is 1. The zero-order valence-corrected chi connectivity index (χ0v) is 18.9. The molecule has 0 radical (unpaired) electrons. The molecule has 12 heteroatoms. The fraction of sp³-hybridized carbons (Fsp3) is 0.391. The zero-order chi connectivity index (χ0) is 25.4. The van der Waals surface area contributed by atoms with Crippen molar-refractivity contribution in [2.75, 3.05) is 25.1 Å². The Morgan fingerprint density at radius 2 is 2.17 bits per heavy atom. The van der Waals surface area contributed by atoms with Gasteiger partial charge >= 0.3 is 0 Å². The van der Waals surface area contributed by atoms with Crippen LogP contribution in [0.25, 0.3) is 16.9 Å². The van der Waals surface area contributed by atoms with E-state index in [-0.39, 0.29) is 23.7 Å². The molecule has 0 aromatic carbocycles. The third-order valence-corrected chi connectivity index (χ3v) is 5.66. The molecule has 2 unspecified atom stereocenters. The van der Waals surface area contributed by atoms with Crippen LogP contribution >= 0.6 is 0 Å². The van der Waals surface area contributed by atoms with Gasteiger partial charge in [-0.1, -0.05) is 0 Å². The molecular weight excluding hydrogens is 465 g/mol. The number of carbonyl (C=O) groups excluding carboxylic acids is 1. The quantitative estimate of drug-likeness (QED) is 0.467. The Morgan fingerprint density at radius 3 is 2.83 bits per heavy atom. The average Bonchev–Trinajstić information content (AvgIpc) is 3.38. The van der Waals surface area contributed by atoms with Crippen LogP contribution in [0.4, 0.5) is 18.9 Å². The normalized spacial score (nSPS) is 18.3. The monoisotopic (exact) mass is 488 g/mol. The third kappa shape index (κ3) is 5.06. The topological polar surface area (TPSA) is 125 Å². The number of fused-ring (bicyclic) bond motifs is 1. The average molecular weight is 488 g/mol. The molecule has 3 aromatic rings. The number of nitrogens with one attached hydrogen (secondary N) is 2. The molecule has 1 amide bonds. The fourth-order valence-corrected chi connectivity index (χ4v) is 3.54. The van der Waals surface area contributed by atoms with Gasteiger partial charge in [0.1, 0.15) is 36.4 Å². The van der Waals surface area contributed by atoms with Crippen molar-refractivity contribution >= 4 is 22.6 Å². The van der Waals surface area contributed by atoms with Crippen molar-refractivity contribution in [3.8, 4) is 11.9 Å². The first-order valence-electron chi connectivity index (χ1n) is 10.7. The van der Waals surface area contributed by atoms with Gasteiger partial charge in [0.15, 0.2) is 0 Å². The zero-order valence-electron chi connectivity index (χ0n) is 18.9. The Morgan fingerprint density at radius 1 is 1.40 bits per heavy atom. The molecule has 3 aromatic heterocycles. The van der Waals surface area contributed by atoms with Gasteiger partial charge in [0, 0.05) is 30.0 Å². The van der Waals surface area contributed by atoms with Gasteiger partial charge in [-0.15, -0.1) is 0 Å². The van der Waals surface area contributed by atoms with Crippen LogP contribution < -0.4 is 10.6 Å². The highest BCUT2D eigenvalue weighted by molar-refractivity contribution is 5.99. The molecule has 1 saturated heterocycles. The molecule has 0 bridgehead atoms. The minimum absolute atomic E-state index is 0.0387. The summed E-state index contributed by atoms with van der Waals surface area (Å²) in [5, 5.41) is 24.5. The first-order chi connectivity index (χ1) is 16.5. The lowest BCUT2D eigenvalue weighted by atomic mass is 10.0. The van der Waals surface area contributed by atoms with E-state index in [0.29, 0.717) is 16.6 Å². The molecule has 4 heterocycles. The number of halogens is 3. The Balaban J connectivity index is 1.69. The van der Waals surface area contributed by atoms with Crippen molar-refractivity contribution in [3.05, 3.63) is 47.9 Å². The molecule has 184 valence electrons. The summed E-state index contributed by atoms with van der Waals surface area (Å²) in [6.45, 7) is 1.02. The Hall–Kier alpha value is -3.69. The van der Waals surface area contributed by atoms with E-state index in [2.05, 4.69) is 20.6 Å². The highest BCUT2D eigenvalue weighted by atomic mass is 19.3. The highest BCUT2D eigenvalue weighted by Crippen LogP contribution is 2.30. The molecule has 4 rings (SSSR count). The lowest BCUT2D eigenvalue weighted by Crippen LogP contribution is -2.42. The van der Waals surface area contributed by atoms with Crippen LogP contribution in [0.15, 0.2) is 36.8 Å². The number of aromatic nitrogens is 3. The number of aliphatic hydroxyl groups is 1. The van der Waals surface area contributed by atoms with Crippen molar-refractivity contribution in [1.82, 2.24) is 19.9 Å². The summed E-state index contributed by atoms with van der Waals surface area (Å²) in [5.41, 5.74) is -0.876. The van der Waals surface area contributed by atoms with Crippen molar-refractivity contribution in [2.45, 2.75) is 37.6 Å². The second-order valence-electron chi connectivity index (χ2n) is 8.83. The summed E-state index contributed by atoms with van der Waals surface area (Å²) in [6.07, 6.45) is 2.48. The maximum absolute atomic E-state index is 14.2. The van der Waals surface area contributed by atoms with Gasteiger partial charge in [0.2, 0.25) is 0 Å². The molecular formula is C23H23F3N6O3. The van der Waals surface area contributed by atoms with Crippen LogP contribution in [0, 0.1) is 11.3 Å².